The summed E-state index contributed by atoms with van der Waals surface area (Å²) in [5.41, 5.74) is -1.23. The number of hydrogen-bond acceptors (Lipinski definition) is 4. The minimum atomic E-state index is -1.31. The Kier molecular flexibility index (Phi) is 6.47. The average molecular weight is 443 g/mol. The van der Waals surface area contributed by atoms with Gasteiger partial charge in [-0.3, -0.25) is 0 Å². The van der Waals surface area contributed by atoms with Gasteiger partial charge in [-0.1, -0.05) is 72.8 Å². The van der Waals surface area contributed by atoms with Crippen molar-refractivity contribution in [1.82, 2.24) is 0 Å². The Morgan fingerprint density at radius 3 is 0.969 bits per heavy atom. The summed E-state index contributed by atoms with van der Waals surface area (Å²) in [7, 11) is 0.423. The van der Waals surface area contributed by atoms with Gasteiger partial charge in [0.05, 0.1) is 0 Å². The first-order valence-electron chi connectivity index (χ1n) is 10.5. The van der Waals surface area contributed by atoms with E-state index in [4.69, 9.17) is 18.9 Å². The van der Waals surface area contributed by atoms with Crippen LogP contribution in [0.3, 0.4) is 0 Å². The van der Waals surface area contributed by atoms with Gasteiger partial charge >= 0.3 is 5.79 Å². The lowest BCUT2D eigenvalue weighted by Crippen LogP contribution is -2.67. The number of benzene rings is 4. The van der Waals surface area contributed by atoms with Crippen LogP contribution in [0.15, 0.2) is 121 Å². The van der Waals surface area contributed by atoms with Crippen LogP contribution in [-0.2, 0) is 0 Å². The van der Waals surface area contributed by atoms with E-state index < -0.39 is 11.2 Å². The maximum Gasteiger partial charge on any atom is 0.320 e. The van der Waals surface area contributed by atoms with Crippen LogP contribution >= 0.6 is 0 Å². The van der Waals surface area contributed by atoms with Gasteiger partial charge in [-0.2, -0.15) is 0 Å². The smallest absolute Gasteiger partial charge is 0.320 e. The SMILES string of the molecule is CC(Oc1ccccc1)(Oc1ccccc1)C([SiH3])(Oc1ccccc1)Oc1ccccc1. The monoisotopic (exact) mass is 442 g/mol. The molecule has 0 heterocycles. The Morgan fingerprint density at radius 1 is 0.438 bits per heavy atom. The van der Waals surface area contributed by atoms with Gasteiger partial charge < -0.3 is 18.9 Å². The summed E-state index contributed by atoms with van der Waals surface area (Å²) in [5, 5.41) is 0. The minimum absolute atomic E-state index is 0.423. The number of para-hydroxylation sites is 4. The van der Waals surface area contributed by atoms with Gasteiger partial charge in [-0.25, -0.2) is 0 Å². The highest BCUT2D eigenvalue weighted by atomic mass is 28.1. The number of ether oxygens (including phenoxy) is 4. The second-order valence-electron chi connectivity index (χ2n) is 7.55. The van der Waals surface area contributed by atoms with E-state index in [9.17, 15) is 0 Å². The predicted molar refractivity (Wildman–Crippen MR) is 129 cm³/mol. The summed E-state index contributed by atoms with van der Waals surface area (Å²) in [6, 6.07) is 38.3. The van der Waals surface area contributed by atoms with Crippen molar-refractivity contribution in [2.45, 2.75) is 18.1 Å². The van der Waals surface area contributed by atoms with Gasteiger partial charge in [0.25, 0.3) is 5.41 Å². The summed E-state index contributed by atoms with van der Waals surface area (Å²) in [6.07, 6.45) is 0. The highest BCUT2D eigenvalue weighted by molar-refractivity contribution is 6.14. The molecule has 4 aromatic rings. The Labute approximate surface area is 191 Å². The Morgan fingerprint density at radius 2 is 0.688 bits per heavy atom. The Bertz CT molecular complexity index is 916. The minimum Gasteiger partial charge on any atom is -0.450 e. The molecule has 4 nitrogen and oxygen atoms in total. The summed E-state index contributed by atoms with van der Waals surface area (Å²) in [6.45, 7) is 1.85. The second kappa shape index (κ2) is 9.62. The topological polar surface area (TPSA) is 36.9 Å². The summed E-state index contributed by atoms with van der Waals surface area (Å²) >= 11 is 0. The lowest BCUT2D eigenvalue weighted by atomic mass is 10.2. The fraction of sp³-hybridized carbons (Fsp3) is 0.111. The van der Waals surface area contributed by atoms with Crippen molar-refractivity contribution in [2.24, 2.45) is 0 Å². The molecular formula is C27H26O4Si. The second-order valence-corrected chi connectivity index (χ2v) is 8.87. The molecule has 0 aromatic heterocycles. The maximum absolute atomic E-state index is 6.50. The van der Waals surface area contributed by atoms with Crippen molar-refractivity contribution < 1.29 is 18.9 Å². The molecule has 0 saturated carbocycles. The van der Waals surface area contributed by atoms with E-state index in [0.717, 1.165) is 0 Å². The van der Waals surface area contributed by atoms with Crippen LogP contribution in [0.4, 0.5) is 0 Å². The quantitative estimate of drug-likeness (QED) is 0.269. The molecular weight excluding hydrogens is 416 g/mol. The van der Waals surface area contributed by atoms with E-state index >= 15 is 0 Å². The van der Waals surface area contributed by atoms with Gasteiger partial charge in [0, 0.05) is 6.92 Å². The van der Waals surface area contributed by atoms with Gasteiger partial charge in [0.1, 0.15) is 33.2 Å². The van der Waals surface area contributed by atoms with Crippen molar-refractivity contribution in [2.75, 3.05) is 0 Å². The Balaban J connectivity index is 1.78. The molecule has 32 heavy (non-hydrogen) atoms. The molecule has 0 fully saturated rings. The molecule has 0 aliphatic heterocycles. The van der Waals surface area contributed by atoms with Crippen molar-refractivity contribution in [3.63, 3.8) is 0 Å². The Hall–Kier alpha value is -3.70. The lowest BCUT2D eigenvalue weighted by molar-refractivity contribution is -0.252. The molecule has 4 aromatic carbocycles. The zero-order valence-corrected chi connectivity index (χ0v) is 20.2. The van der Waals surface area contributed by atoms with E-state index in [2.05, 4.69) is 0 Å². The van der Waals surface area contributed by atoms with Crippen molar-refractivity contribution in [3.8, 4) is 23.0 Å². The van der Waals surface area contributed by atoms with Gasteiger partial charge in [-0.05, 0) is 48.5 Å². The van der Waals surface area contributed by atoms with Gasteiger partial charge in [0.2, 0.25) is 0 Å². The first-order chi connectivity index (χ1) is 15.6. The van der Waals surface area contributed by atoms with Gasteiger partial charge in [-0.15, -0.1) is 0 Å². The zero-order valence-electron chi connectivity index (χ0n) is 18.2. The maximum atomic E-state index is 6.50. The standard InChI is InChI=1S/C27H26O4Si/c1-26(28-22-14-6-2-7-15-22,29-23-16-8-3-9-17-23)27(32,30-24-18-10-4-11-19-24)31-25-20-12-5-13-21-25/h2-21H,1,32H3. The van der Waals surface area contributed by atoms with Crippen LogP contribution in [0.2, 0.25) is 0 Å². The first-order valence-corrected chi connectivity index (χ1v) is 11.5. The molecule has 0 saturated heterocycles. The molecule has 4 rings (SSSR count). The predicted octanol–water partition coefficient (Wildman–Crippen LogP) is 5.04. The highest BCUT2D eigenvalue weighted by Gasteiger charge is 2.54. The third-order valence-electron chi connectivity index (χ3n) is 5.05. The molecule has 162 valence electrons. The molecule has 0 spiro atoms. The van der Waals surface area contributed by atoms with Crippen molar-refractivity contribution >= 4 is 10.2 Å². The largest absolute Gasteiger partial charge is 0.450 e. The van der Waals surface area contributed by atoms with Crippen LogP contribution in [0.5, 0.6) is 23.0 Å². The lowest BCUT2D eigenvalue weighted by Gasteiger charge is -2.44. The van der Waals surface area contributed by atoms with E-state index in [1.807, 2.05) is 128 Å². The van der Waals surface area contributed by atoms with E-state index in [1.54, 1.807) is 0 Å². The third-order valence-corrected chi connectivity index (χ3v) is 6.36. The molecule has 0 aliphatic carbocycles. The fourth-order valence-electron chi connectivity index (χ4n) is 3.27. The molecule has 0 bridgehead atoms. The normalized spacial score (nSPS) is 11.5. The summed E-state index contributed by atoms with van der Waals surface area (Å²) in [5.74, 6) is 1.32. The fourth-order valence-corrected chi connectivity index (χ4v) is 3.94. The summed E-state index contributed by atoms with van der Waals surface area (Å²) < 4.78 is 26.0. The van der Waals surface area contributed by atoms with E-state index in [0.29, 0.717) is 33.2 Å². The molecule has 0 unspecified atom stereocenters. The first kappa shape index (κ1) is 21.5. The van der Waals surface area contributed by atoms with Gasteiger partial charge in [0.15, 0.2) is 0 Å². The molecule has 0 N–H and O–H groups in total. The van der Waals surface area contributed by atoms with Crippen LogP contribution < -0.4 is 18.9 Å². The number of rotatable bonds is 9. The van der Waals surface area contributed by atoms with E-state index in [-0.39, 0.29) is 0 Å². The van der Waals surface area contributed by atoms with E-state index in [1.165, 1.54) is 0 Å². The van der Waals surface area contributed by atoms with Crippen LogP contribution in [-0.4, -0.2) is 21.4 Å². The zero-order chi connectivity index (χ0) is 22.3. The van der Waals surface area contributed by atoms with Crippen LogP contribution in [0.25, 0.3) is 0 Å². The van der Waals surface area contributed by atoms with Crippen LogP contribution in [0, 0.1) is 0 Å². The molecule has 0 aliphatic rings. The highest BCUT2D eigenvalue weighted by Crippen LogP contribution is 2.35. The van der Waals surface area contributed by atoms with Crippen molar-refractivity contribution in [3.05, 3.63) is 121 Å². The average Bonchev–Trinajstić information content (AvgIpc) is 2.81. The molecule has 0 radical (unpaired) electrons. The number of hydrogen-bond donors (Lipinski definition) is 0. The molecule has 0 atom stereocenters. The van der Waals surface area contributed by atoms with Crippen molar-refractivity contribution in [1.29, 1.82) is 0 Å². The third kappa shape index (κ3) is 5.13. The molecule has 5 heteroatoms. The summed E-state index contributed by atoms with van der Waals surface area (Å²) in [4.78, 5) is 0. The molecule has 0 amide bonds. The van der Waals surface area contributed by atoms with Crippen LogP contribution in [0.1, 0.15) is 6.92 Å².